The highest BCUT2D eigenvalue weighted by Gasteiger charge is 2.51. The van der Waals surface area contributed by atoms with Crippen LogP contribution in [0.5, 0.6) is 0 Å². The minimum Gasteiger partial charge on any atom is -0.478 e. The molecule has 0 aromatic heterocycles. The zero-order chi connectivity index (χ0) is 26.6. The van der Waals surface area contributed by atoms with Gasteiger partial charge in [0.05, 0.1) is 11.6 Å². The summed E-state index contributed by atoms with van der Waals surface area (Å²) in [4.78, 5) is 32.5. The Labute approximate surface area is 224 Å². The van der Waals surface area contributed by atoms with Crippen LogP contribution in [0.15, 0.2) is 59.1 Å². The maximum atomic E-state index is 14.0. The number of hydrogen-bond donors (Lipinski definition) is 1. The van der Waals surface area contributed by atoms with Crippen LogP contribution in [0.3, 0.4) is 0 Å². The fourth-order valence-corrected chi connectivity index (χ4v) is 5.88. The van der Waals surface area contributed by atoms with E-state index in [1.165, 1.54) is 6.08 Å². The zero-order valence-corrected chi connectivity index (χ0v) is 23.1. The summed E-state index contributed by atoms with van der Waals surface area (Å²) in [5.74, 6) is 0.315. The number of aliphatic imine (C=N–C) groups is 1. The quantitative estimate of drug-likeness (QED) is 0.209. The van der Waals surface area contributed by atoms with E-state index in [2.05, 4.69) is 20.4 Å². The Morgan fingerprint density at radius 1 is 1.25 bits per heavy atom. The molecule has 0 saturated heterocycles. The third kappa shape index (κ3) is 5.78. The molecule has 1 aliphatic carbocycles. The summed E-state index contributed by atoms with van der Waals surface area (Å²) in [6.07, 6.45) is 8.92. The summed E-state index contributed by atoms with van der Waals surface area (Å²) in [6, 6.07) is 5.20. The molecule has 5 nitrogen and oxygen atoms in total. The Kier molecular flexibility index (Phi) is 9.23. The van der Waals surface area contributed by atoms with Crippen LogP contribution in [0.2, 0.25) is 5.02 Å². The zero-order valence-electron chi connectivity index (χ0n) is 21.6. The van der Waals surface area contributed by atoms with Crippen LogP contribution < -0.4 is 0 Å². The molecule has 1 atom stereocenters. The van der Waals surface area contributed by atoms with Crippen molar-refractivity contribution >= 4 is 40.8 Å². The number of benzene rings is 1. The molecular formula is C29H36Cl2N2O3. The van der Waals surface area contributed by atoms with Gasteiger partial charge in [0.1, 0.15) is 11.4 Å². The number of halogens is 2. The second-order valence-electron chi connectivity index (χ2n) is 10.1. The van der Waals surface area contributed by atoms with Crippen molar-refractivity contribution in [1.29, 1.82) is 0 Å². The van der Waals surface area contributed by atoms with Crippen LogP contribution in [0.25, 0.3) is 0 Å². The molecule has 1 aromatic rings. The first kappa shape index (κ1) is 28.2. The molecular weight excluding hydrogens is 495 g/mol. The van der Waals surface area contributed by atoms with Gasteiger partial charge in [-0.05, 0) is 86.3 Å². The molecule has 0 radical (unpaired) electrons. The number of carbonyl (C=O) groups excluding carboxylic acids is 1. The van der Waals surface area contributed by atoms with Gasteiger partial charge in [0.25, 0.3) is 5.91 Å². The van der Waals surface area contributed by atoms with E-state index in [9.17, 15) is 14.7 Å². The van der Waals surface area contributed by atoms with Gasteiger partial charge >= 0.3 is 5.97 Å². The number of amides is 1. The Bertz CT molecular complexity index is 1110. The minimum absolute atomic E-state index is 0.109. The van der Waals surface area contributed by atoms with Crippen LogP contribution in [0, 0.1) is 11.8 Å². The summed E-state index contributed by atoms with van der Waals surface area (Å²) in [7, 11) is 0. The Morgan fingerprint density at radius 2 is 1.92 bits per heavy atom. The molecule has 7 heteroatoms. The van der Waals surface area contributed by atoms with E-state index in [1.807, 2.05) is 24.8 Å². The number of alkyl halides is 1. The molecule has 1 aliphatic heterocycles. The van der Waals surface area contributed by atoms with E-state index in [1.54, 1.807) is 24.3 Å². The van der Waals surface area contributed by atoms with Crippen LogP contribution in [0.1, 0.15) is 70.9 Å². The van der Waals surface area contributed by atoms with Crippen molar-refractivity contribution in [2.24, 2.45) is 16.8 Å². The molecule has 1 amide bonds. The Hall–Kier alpha value is -2.37. The predicted octanol–water partition coefficient (Wildman–Crippen LogP) is 7.17. The first-order chi connectivity index (χ1) is 17.1. The molecule has 194 valence electrons. The van der Waals surface area contributed by atoms with Crippen LogP contribution in [-0.2, 0) is 15.5 Å². The largest absolute Gasteiger partial charge is 0.478 e. The molecule has 3 rings (SSSR count). The van der Waals surface area contributed by atoms with Gasteiger partial charge in [0.2, 0.25) is 0 Å². The molecule has 1 heterocycles. The lowest BCUT2D eigenvalue weighted by Crippen LogP contribution is -2.53. The maximum absolute atomic E-state index is 14.0. The lowest BCUT2D eigenvalue weighted by molar-refractivity contribution is -0.132. The summed E-state index contributed by atoms with van der Waals surface area (Å²) in [5, 5.41) is 9.89. The van der Waals surface area contributed by atoms with Crippen LogP contribution in [0.4, 0.5) is 0 Å². The molecule has 0 bridgehead atoms. The van der Waals surface area contributed by atoms with Crippen molar-refractivity contribution in [3.05, 3.63) is 70.3 Å². The number of carbonyl (C=O) groups is 2. The van der Waals surface area contributed by atoms with Gasteiger partial charge in [-0.15, -0.1) is 11.6 Å². The van der Waals surface area contributed by atoms with Crippen molar-refractivity contribution in [2.45, 2.75) is 77.4 Å². The number of hydrogen-bond acceptors (Lipinski definition) is 3. The molecule has 2 aliphatic rings. The predicted molar refractivity (Wildman–Crippen MR) is 148 cm³/mol. The molecule has 1 fully saturated rings. The van der Waals surface area contributed by atoms with Gasteiger partial charge < -0.3 is 10.0 Å². The van der Waals surface area contributed by atoms with E-state index in [-0.39, 0.29) is 17.5 Å². The van der Waals surface area contributed by atoms with Gasteiger partial charge in [-0.25, -0.2) is 4.79 Å². The SMILES string of the molecule is C=C/C(=C\C=C(/CC)C(C)N1C(=O)C(c2cc(Cl)cc(CCl)c2)=NC12CCC(C(C)C)CC2)C(=O)O. The van der Waals surface area contributed by atoms with Crippen molar-refractivity contribution in [3.63, 3.8) is 0 Å². The van der Waals surface area contributed by atoms with Gasteiger partial charge in [0, 0.05) is 16.5 Å². The van der Waals surface area contributed by atoms with E-state index in [4.69, 9.17) is 28.2 Å². The number of carboxylic acid groups (broad SMARTS) is 1. The van der Waals surface area contributed by atoms with Crippen molar-refractivity contribution in [2.75, 3.05) is 0 Å². The smallest absolute Gasteiger partial charge is 0.335 e. The topological polar surface area (TPSA) is 70.0 Å². The first-order valence-electron chi connectivity index (χ1n) is 12.6. The lowest BCUT2D eigenvalue weighted by atomic mass is 9.76. The van der Waals surface area contributed by atoms with Crippen LogP contribution in [-0.4, -0.2) is 39.3 Å². The van der Waals surface area contributed by atoms with Crippen molar-refractivity contribution < 1.29 is 14.7 Å². The minimum atomic E-state index is -1.04. The van der Waals surface area contributed by atoms with Crippen LogP contribution >= 0.6 is 23.2 Å². The Balaban J connectivity index is 2.07. The van der Waals surface area contributed by atoms with Crippen molar-refractivity contribution in [1.82, 2.24) is 4.90 Å². The molecule has 1 N–H and O–H groups in total. The van der Waals surface area contributed by atoms with E-state index >= 15 is 0 Å². The number of carboxylic acids is 1. The second-order valence-corrected chi connectivity index (χ2v) is 10.8. The molecule has 36 heavy (non-hydrogen) atoms. The van der Waals surface area contributed by atoms with E-state index in [0.717, 1.165) is 36.8 Å². The van der Waals surface area contributed by atoms with Gasteiger partial charge in [-0.2, -0.15) is 0 Å². The van der Waals surface area contributed by atoms with Crippen molar-refractivity contribution in [3.8, 4) is 0 Å². The summed E-state index contributed by atoms with van der Waals surface area (Å²) in [6.45, 7) is 12.1. The Morgan fingerprint density at radius 3 is 2.44 bits per heavy atom. The fourth-order valence-electron chi connectivity index (χ4n) is 5.47. The maximum Gasteiger partial charge on any atom is 0.335 e. The van der Waals surface area contributed by atoms with Gasteiger partial charge in [0.15, 0.2) is 0 Å². The number of aliphatic carboxylic acids is 1. The lowest BCUT2D eigenvalue weighted by Gasteiger charge is -2.45. The highest BCUT2D eigenvalue weighted by Crippen LogP contribution is 2.45. The fraction of sp³-hybridized carbons (Fsp3) is 0.483. The highest BCUT2D eigenvalue weighted by atomic mass is 35.5. The van der Waals surface area contributed by atoms with Gasteiger partial charge in [-0.1, -0.05) is 51.1 Å². The standard InChI is InChI=1S/C29H36Cl2N2O3/c1-6-21(8-9-22(7-2)28(35)36)19(5)33-27(34)26(24-14-20(17-30)15-25(31)16-24)32-29(33)12-10-23(11-13-29)18(3)4/h7-9,14-16,18-19,23H,2,6,10-13,17H2,1,3-5H3,(H,35,36)/b21-8+,22-9+. The summed E-state index contributed by atoms with van der Waals surface area (Å²) >= 11 is 12.4. The van der Waals surface area contributed by atoms with E-state index in [0.29, 0.717) is 40.4 Å². The number of allylic oxidation sites excluding steroid dienone is 2. The highest BCUT2D eigenvalue weighted by molar-refractivity contribution is 6.47. The average molecular weight is 532 g/mol. The average Bonchev–Trinajstić information content (AvgIpc) is 3.12. The number of nitrogens with zero attached hydrogens (tertiary/aromatic N) is 2. The molecule has 1 aromatic carbocycles. The summed E-state index contributed by atoms with van der Waals surface area (Å²) < 4.78 is 0. The van der Waals surface area contributed by atoms with E-state index < -0.39 is 11.6 Å². The summed E-state index contributed by atoms with van der Waals surface area (Å²) in [5.41, 5.74) is 2.37. The molecule has 1 saturated carbocycles. The first-order valence-corrected chi connectivity index (χ1v) is 13.5. The van der Waals surface area contributed by atoms with Gasteiger partial charge in [-0.3, -0.25) is 9.79 Å². The molecule has 1 spiro atoms. The number of rotatable bonds is 9. The molecule has 1 unspecified atom stereocenters. The normalized spacial score (nSPS) is 23.9. The third-order valence-electron chi connectivity index (χ3n) is 7.62. The third-order valence-corrected chi connectivity index (χ3v) is 8.15. The second kappa shape index (κ2) is 11.8. The monoisotopic (exact) mass is 530 g/mol.